The van der Waals surface area contributed by atoms with Crippen LogP contribution in [0.15, 0.2) is 60.8 Å². The number of pyridine rings is 1. The number of aromatic nitrogens is 2. The Kier molecular flexibility index (Phi) is 5.64. The van der Waals surface area contributed by atoms with Gasteiger partial charge in [0.2, 0.25) is 5.88 Å². The third kappa shape index (κ3) is 3.93. The molecule has 2 aromatic heterocycles. The molecule has 0 aliphatic heterocycles. The number of hydrogen-bond donors (Lipinski definition) is 1. The molecule has 0 aliphatic carbocycles. The van der Waals surface area contributed by atoms with Gasteiger partial charge in [-0.1, -0.05) is 18.2 Å². The number of alkyl halides is 2. The largest absolute Gasteiger partial charge is 0.481 e. The van der Waals surface area contributed by atoms with Gasteiger partial charge in [-0.05, 0) is 35.9 Å². The lowest BCUT2D eigenvalue weighted by Crippen LogP contribution is -2.09. The molecule has 4 rings (SSSR count). The van der Waals surface area contributed by atoms with Gasteiger partial charge in [0.05, 0.1) is 31.0 Å². The maximum absolute atomic E-state index is 13.8. The lowest BCUT2D eigenvalue weighted by atomic mass is 10.0. The molecular formula is C25H21F2N3O2. The normalized spacial score (nSPS) is 11.5. The summed E-state index contributed by atoms with van der Waals surface area (Å²) in [5.74, 6) is -2.49. The minimum atomic E-state index is -2.95. The second-order valence-corrected chi connectivity index (χ2v) is 7.59. The number of nitriles is 1. The zero-order valence-electron chi connectivity index (χ0n) is 17.6. The molecule has 0 amide bonds. The van der Waals surface area contributed by atoms with Gasteiger partial charge in [-0.15, -0.1) is 0 Å². The molecular weight excluding hydrogens is 412 g/mol. The lowest BCUT2D eigenvalue weighted by molar-refractivity contribution is 0.0174. The summed E-state index contributed by atoms with van der Waals surface area (Å²) < 4.78 is 34.7. The van der Waals surface area contributed by atoms with Crippen LogP contribution in [0.4, 0.5) is 8.78 Å². The van der Waals surface area contributed by atoms with E-state index in [9.17, 15) is 19.1 Å². The summed E-state index contributed by atoms with van der Waals surface area (Å²) in [6.45, 7) is 0.877. The van der Waals surface area contributed by atoms with E-state index in [1.54, 1.807) is 36.5 Å². The van der Waals surface area contributed by atoms with Gasteiger partial charge in [0, 0.05) is 53.3 Å². The van der Waals surface area contributed by atoms with Crippen molar-refractivity contribution in [1.29, 1.82) is 5.26 Å². The first-order valence-electron chi connectivity index (χ1n) is 9.99. The van der Waals surface area contributed by atoms with E-state index >= 15 is 0 Å². The van der Waals surface area contributed by atoms with Crippen molar-refractivity contribution >= 4 is 10.9 Å². The molecule has 5 nitrogen and oxygen atoms in total. The smallest absolute Gasteiger partial charge is 0.270 e. The Hall–Kier alpha value is -3.76. The highest BCUT2D eigenvalue weighted by Crippen LogP contribution is 2.37. The van der Waals surface area contributed by atoms with Crippen molar-refractivity contribution in [2.24, 2.45) is 0 Å². The van der Waals surface area contributed by atoms with Crippen LogP contribution in [0.1, 0.15) is 29.3 Å². The van der Waals surface area contributed by atoms with E-state index in [0.29, 0.717) is 22.7 Å². The average Bonchev–Trinajstić information content (AvgIpc) is 3.11. The molecule has 162 valence electrons. The third-order valence-electron chi connectivity index (χ3n) is 5.46. The Morgan fingerprint density at radius 1 is 1.16 bits per heavy atom. The number of halogens is 2. The summed E-state index contributed by atoms with van der Waals surface area (Å²) in [4.78, 5) is 4.27. The van der Waals surface area contributed by atoms with E-state index in [1.165, 1.54) is 19.2 Å². The summed E-state index contributed by atoms with van der Waals surface area (Å²) in [7, 11) is 1.53. The highest BCUT2D eigenvalue weighted by molar-refractivity contribution is 5.98. The average molecular weight is 433 g/mol. The van der Waals surface area contributed by atoms with Crippen LogP contribution in [0, 0.1) is 11.3 Å². The number of benzene rings is 2. The highest BCUT2D eigenvalue weighted by Gasteiger charge is 2.25. The van der Waals surface area contributed by atoms with Crippen LogP contribution < -0.4 is 4.74 Å². The Labute approximate surface area is 184 Å². The molecule has 0 saturated carbocycles. The molecule has 0 spiro atoms. The number of rotatable bonds is 6. The standard InChI is InChI=1S/C25H21F2N3O2/c1-25(26,27)19-5-3-4-17(10-19)14-30-21-8-6-16(12-28)11-20(21)24(22(30)15-31)18-7-9-23(32-2)29-13-18/h3-11,13,31H,14-15H2,1-2H3. The molecule has 32 heavy (non-hydrogen) atoms. The first-order valence-corrected chi connectivity index (χ1v) is 9.99. The SMILES string of the molecule is COc1ccc(-c2c(CO)n(Cc3cccc(C(C)(F)F)c3)c3ccc(C#N)cc23)cn1. The van der Waals surface area contributed by atoms with E-state index < -0.39 is 5.92 Å². The third-order valence-corrected chi connectivity index (χ3v) is 5.46. The fourth-order valence-corrected chi connectivity index (χ4v) is 3.92. The Morgan fingerprint density at radius 3 is 2.59 bits per heavy atom. The van der Waals surface area contributed by atoms with E-state index in [0.717, 1.165) is 29.0 Å². The molecule has 4 aromatic rings. The number of nitrogens with zero attached hydrogens (tertiary/aromatic N) is 3. The number of hydrogen-bond acceptors (Lipinski definition) is 4. The first-order chi connectivity index (χ1) is 15.4. The summed E-state index contributed by atoms with van der Waals surface area (Å²) in [5, 5.41) is 20.5. The molecule has 0 atom stereocenters. The van der Waals surface area contributed by atoms with Gasteiger partial charge in [-0.2, -0.15) is 5.26 Å². The van der Waals surface area contributed by atoms with E-state index in [4.69, 9.17) is 4.74 Å². The minimum Gasteiger partial charge on any atom is -0.481 e. The fourth-order valence-electron chi connectivity index (χ4n) is 3.92. The van der Waals surface area contributed by atoms with Crippen LogP contribution >= 0.6 is 0 Å². The van der Waals surface area contributed by atoms with Gasteiger partial charge in [0.1, 0.15) is 0 Å². The van der Waals surface area contributed by atoms with Crippen LogP contribution in [0.25, 0.3) is 22.0 Å². The summed E-state index contributed by atoms with van der Waals surface area (Å²) >= 11 is 0. The van der Waals surface area contributed by atoms with Gasteiger partial charge < -0.3 is 14.4 Å². The van der Waals surface area contributed by atoms with E-state index in [2.05, 4.69) is 11.1 Å². The van der Waals surface area contributed by atoms with Crippen molar-refractivity contribution < 1.29 is 18.6 Å². The second kappa shape index (κ2) is 8.40. The van der Waals surface area contributed by atoms with Crippen molar-refractivity contribution in [3.05, 3.63) is 83.2 Å². The molecule has 1 N–H and O–H groups in total. The molecule has 0 bridgehead atoms. The van der Waals surface area contributed by atoms with Crippen LogP contribution in [0.5, 0.6) is 5.88 Å². The van der Waals surface area contributed by atoms with Crippen molar-refractivity contribution in [1.82, 2.24) is 9.55 Å². The van der Waals surface area contributed by atoms with Gasteiger partial charge >= 0.3 is 0 Å². The predicted octanol–water partition coefficient (Wildman–Crippen LogP) is 5.24. The second-order valence-electron chi connectivity index (χ2n) is 7.59. The van der Waals surface area contributed by atoms with Crippen molar-refractivity contribution in [3.63, 3.8) is 0 Å². The van der Waals surface area contributed by atoms with E-state index in [1.807, 2.05) is 16.7 Å². The molecule has 7 heteroatoms. The Balaban J connectivity index is 1.92. The first kappa shape index (κ1) is 21.5. The van der Waals surface area contributed by atoms with Crippen LogP contribution in [-0.4, -0.2) is 21.8 Å². The molecule has 0 fully saturated rings. The molecule has 2 aromatic carbocycles. The zero-order valence-corrected chi connectivity index (χ0v) is 17.6. The topological polar surface area (TPSA) is 71.1 Å². The van der Waals surface area contributed by atoms with E-state index in [-0.39, 0.29) is 18.7 Å². The molecule has 0 radical (unpaired) electrons. The summed E-state index contributed by atoms with van der Waals surface area (Å²) in [6.07, 6.45) is 1.65. The monoisotopic (exact) mass is 433 g/mol. The highest BCUT2D eigenvalue weighted by atomic mass is 19.3. The summed E-state index contributed by atoms with van der Waals surface area (Å²) in [5.41, 5.74) is 3.98. The number of methoxy groups -OCH3 is 1. The van der Waals surface area contributed by atoms with Gasteiger partial charge in [0.15, 0.2) is 0 Å². The van der Waals surface area contributed by atoms with Crippen LogP contribution in [0.2, 0.25) is 0 Å². The minimum absolute atomic E-state index is 0.0663. The maximum Gasteiger partial charge on any atom is 0.270 e. The van der Waals surface area contributed by atoms with Crippen molar-refractivity contribution in [2.45, 2.75) is 26.0 Å². The zero-order chi connectivity index (χ0) is 22.9. The fraction of sp³-hybridized carbons (Fsp3) is 0.200. The van der Waals surface area contributed by atoms with Crippen molar-refractivity contribution in [3.8, 4) is 23.1 Å². The van der Waals surface area contributed by atoms with Crippen LogP contribution in [0.3, 0.4) is 0 Å². The number of fused-ring (bicyclic) bond motifs is 1. The molecule has 2 heterocycles. The summed E-state index contributed by atoms with van der Waals surface area (Å²) in [6, 6.07) is 17.2. The quantitative estimate of drug-likeness (QED) is 0.452. The molecule has 0 unspecified atom stereocenters. The van der Waals surface area contributed by atoms with Gasteiger partial charge in [-0.3, -0.25) is 0 Å². The van der Waals surface area contributed by atoms with Gasteiger partial charge in [-0.25, -0.2) is 13.8 Å². The van der Waals surface area contributed by atoms with Gasteiger partial charge in [0.25, 0.3) is 5.92 Å². The Morgan fingerprint density at radius 2 is 1.97 bits per heavy atom. The van der Waals surface area contributed by atoms with Crippen LogP contribution in [-0.2, 0) is 19.1 Å². The number of aliphatic hydroxyl groups excluding tert-OH is 1. The number of ether oxygens (including phenoxy) is 1. The molecule has 0 saturated heterocycles. The predicted molar refractivity (Wildman–Crippen MR) is 117 cm³/mol. The lowest BCUT2D eigenvalue weighted by Gasteiger charge is -2.14. The Bertz CT molecular complexity index is 1320. The molecule has 0 aliphatic rings. The maximum atomic E-state index is 13.8. The van der Waals surface area contributed by atoms with Crippen molar-refractivity contribution in [2.75, 3.05) is 7.11 Å². The number of aliphatic hydroxyl groups is 1.